The molecule has 0 bridgehead atoms. The van der Waals surface area contributed by atoms with Crippen LogP contribution in [-0.2, 0) is 4.79 Å². The smallest absolute Gasteiger partial charge is 0.239 e. The summed E-state index contributed by atoms with van der Waals surface area (Å²) in [6.07, 6.45) is 1.68. The quantitative estimate of drug-likeness (QED) is 0.867. The van der Waals surface area contributed by atoms with Crippen LogP contribution in [0.25, 0.3) is 0 Å². The molecule has 1 aromatic carbocycles. The number of amides is 1. The molecule has 0 aromatic heterocycles. The molecule has 1 fully saturated rings. The van der Waals surface area contributed by atoms with Crippen LogP contribution in [0.1, 0.15) is 24.3 Å². The Labute approximate surface area is 107 Å². The summed E-state index contributed by atoms with van der Waals surface area (Å²) in [5.41, 5.74) is 0.994. The first kappa shape index (κ1) is 13.0. The first-order valence-electron chi connectivity index (χ1n) is 6.28. The number of hydrogen-bond donors (Lipinski definition) is 1. The molecule has 98 valence electrons. The molecule has 0 spiro atoms. The molecule has 1 aromatic rings. The Morgan fingerprint density at radius 2 is 2.22 bits per heavy atom. The molecular weight excluding hydrogens is 231 g/mol. The minimum absolute atomic E-state index is 0.0936. The van der Waals surface area contributed by atoms with Crippen molar-refractivity contribution in [2.75, 3.05) is 20.6 Å². The van der Waals surface area contributed by atoms with Crippen LogP contribution in [0.5, 0.6) is 0 Å². The highest BCUT2D eigenvalue weighted by Crippen LogP contribution is 2.28. The number of rotatable bonds is 2. The highest BCUT2D eigenvalue weighted by molar-refractivity contribution is 5.81. The van der Waals surface area contributed by atoms with Gasteiger partial charge in [0.1, 0.15) is 5.82 Å². The lowest BCUT2D eigenvalue weighted by molar-refractivity contribution is -0.131. The van der Waals surface area contributed by atoms with Crippen molar-refractivity contribution in [3.8, 4) is 0 Å². The lowest BCUT2D eigenvalue weighted by Gasteiger charge is -2.31. The summed E-state index contributed by atoms with van der Waals surface area (Å²) < 4.78 is 13.2. The predicted octanol–water partition coefficient (Wildman–Crippen LogP) is 1.75. The van der Waals surface area contributed by atoms with Crippen LogP contribution in [-0.4, -0.2) is 37.5 Å². The van der Waals surface area contributed by atoms with Gasteiger partial charge < -0.3 is 10.2 Å². The van der Waals surface area contributed by atoms with Crippen LogP contribution < -0.4 is 5.32 Å². The zero-order valence-electron chi connectivity index (χ0n) is 10.8. The summed E-state index contributed by atoms with van der Waals surface area (Å²) in [5.74, 6) is 0.147. The summed E-state index contributed by atoms with van der Waals surface area (Å²) in [5, 5.41) is 3.23. The van der Waals surface area contributed by atoms with Crippen LogP contribution in [0.4, 0.5) is 4.39 Å². The molecule has 1 heterocycles. The van der Waals surface area contributed by atoms with Crippen molar-refractivity contribution in [3.05, 3.63) is 35.6 Å². The molecule has 1 aliphatic rings. The molecule has 0 radical (unpaired) electrons. The van der Waals surface area contributed by atoms with E-state index in [0.717, 1.165) is 24.9 Å². The van der Waals surface area contributed by atoms with Crippen molar-refractivity contribution in [3.63, 3.8) is 0 Å². The maximum atomic E-state index is 13.2. The number of likely N-dealkylation sites (N-methyl/N-ethyl adjacent to an activating group) is 1. The van der Waals surface area contributed by atoms with E-state index in [4.69, 9.17) is 0 Å². The van der Waals surface area contributed by atoms with Crippen LogP contribution in [0.3, 0.4) is 0 Å². The van der Waals surface area contributed by atoms with Crippen molar-refractivity contribution in [1.82, 2.24) is 10.2 Å². The van der Waals surface area contributed by atoms with E-state index in [1.165, 1.54) is 6.07 Å². The maximum absolute atomic E-state index is 13.2. The van der Waals surface area contributed by atoms with E-state index in [0.29, 0.717) is 0 Å². The Morgan fingerprint density at radius 3 is 2.89 bits per heavy atom. The first-order chi connectivity index (χ1) is 8.58. The van der Waals surface area contributed by atoms with Gasteiger partial charge in [-0.2, -0.15) is 0 Å². The van der Waals surface area contributed by atoms with E-state index >= 15 is 0 Å². The second kappa shape index (κ2) is 5.48. The Bertz CT molecular complexity index is 434. The zero-order chi connectivity index (χ0) is 13.1. The van der Waals surface area contributed by atoms with Gasteiger partial charge in [-0.15, -0.1) is 0 Å². The van der Waals surface area contributed by atoms with E-state index in [2.05, 4.69) is 5.32 Å². The first-order valence-corrected chi connectivity index (χ1v) is 6.28. The van der Waals surface area contributed by atoms with Crippen molar-refractivity contribution >= 4 is 5.91 Å². The lowest BCUT2D eigenvalue weighted by Crippen LogP contribution is -2.47. The number of carbonyl (C=O) groups excluding carboxylic acids is 1. The van der Waals surface area contributed by atoms with Gasteiger partial charge in [0.15, 0.2) is 0 Å². The molecule has 2 unspecified atom stereocenters. The van der Waals surface area contributed by atoms with Gasteiger partial charge in [-0.25, -0.2) is 4.39 Å². The SMILES string of the molecule is CN(C)C(=O)C1CC(c2cccc(F)c2)CCN1. The van der Waals surface area contributed by atoms with Gasteiger partial charge in [-0.3, -0.25) is 4.79 Å². The zero-order valence-corrected chi connectivity index (χ0v) is 10.8. The number of hydrogen-bond acceptors (Lipinski definition) is 2. The van der Waals surface area contributed by atoms with Crippen molar-refractivity contribution in [2.45, 2.75) is 24.8 Å². The third-order valence-corrected chi connectivity index (χ3v) is 3.46. The molecular formula is C14H19FN2O. The summed E-state index contributed by atoms with van der Waals surface area (Å²) in [6, 6.07) is 6.55. The second-order valence-corrected chi connectivity index (χ2v) is 5.02. The molecule has 4 heteroatoms. The third-order valence-electron chi connectivity index (χ3n) is 3.46. The Balaban J connectivity index is 2.09. The van der Waals surface area contributed by atoms with Gasteiger partial charge in [0.2, 0.25) is 5.91 Å². The molecule has 0 aliphatic carbocycles. The number of piperidine rings is 1. The van der Waals surface area contributed by atoms with Crippen LogP contribution in [0, 0.1) is 5.82 Å². The minimum atomic E-state index is -0.207. The van der Waals surface area contributed by atoms with Gasteiger partial charge >= 0.3 is 0 Å². The monoisotopic (exact) mass is 250 g/mol. The molecule has 1 aliphatic heterocycles. The normalized spacial score (nSPS) is 23.7. The average molecular weight is 250 g/mol. The second-order valence-electron chi connectivity index (χ2n) is 5.02. The maximum Gasteiger partial charge on any atom is 0.239 e. The van der Waals surface area contributed by atoms with Crippen LogP contribution in [0.15, 0.2) is 24.3 Å². The van der Waals surface area contributed by atoms with Gasteiger partial charge in [0, 0.05) is 14.1 Å². The van der Waals surface area contributed by atoms with E-state index in [9.17, 15) is 9.18 Å². The van der Waals surface area contributed by atoms with Crippen LogP contribution >= 0.6 is 0 Å². The molecule has 18 heavy (non-hydrogen) atoms. The van der Waals surface area contributed by atoms with Gasteiger partial charge in [0.25, 0.3) is 0 Å². The van der Waals surface area contributed by atoms with E-state index in [1.54, 1.807) is 31.1 Å². The molecule has 1 amide bonds. The predicted molar refractivity (Wildman–Crippen MR) is 68.9 cm³/mol. The molecule has 1 N–H and O–H groups in total. The highest BCUT2D eigenvalue weighted by atomic mass is 19.1. The number of nitrogens with one attached hydrogen (secondary N) is 1. The fraction of sp³-hybridized carbons (Fsp3) is 0.500. The van der Waals surface area contributed by atoms with Gasteiger partial charge in [-0.1, -0.05) is 12.1 Å². The van der Waals surface area contributed by atoms with Gasteiger partial charge in [-0.05, 0) is 43.0 Å². The Morgan fingerprint density at radius 1 is 1.44 bits per heavy atom. The van der Waals surface area contributed by atoms with E-state index < -0.39 is 0 Å². The Hall–Kier alpha value is -1.42. The van der Waals surface area contributed by atoms with E-state index in [1.807, 2.05) is 6.07 Å². The average Bonchev–Trinajstić information content (AvgIpc) is 2.38. The Kier molecular flexibility index (Phi) is 3.97. The van der Waals surface area contributed by atoms with E-state index in [-0.39, 0.29) is 23.7 Å². The fourth-order valence-electron chi connectivity index (χ4n) is 2.48. The summed E-state index contributed by atoms with van der Waals surface area (Å²) in [7, 11) is 3.52. The minimum Gasteiger partial charge on any atom is -0.347 e. The largest absolute Gasteiger partial charge is 0.347 e. The number of nitrogens with zero attached hydrogens (tertiary/aromatic N) is 1. The summed E-state index contributed by atoms with van der Waals surface area (Å²) >= 11 is 0. The number of halogens is 1. The molecule has 3 nitrogen and oxygen atoms in total. The third kappa shape index (κ3) is 2.88. The van der Waals surface area contributed by atoms with Crippen molar-refractivity contribution < 1.29 is 9.18 Å². The topological polar surface area (TPSA) is 32.3 Å². The van der Waals surface area contributed by atoms with Crippen molar-refractivity contribution in [1.29, 1.82) is 0 Å². The molecule has 0 saturated carbocycles. The fourth-order valence-corrected chi connectivity index (χ4v) is 2.48. The van der Waals surface area contributed by atoms with Crippen LogP contribution in [0.2, 0.25) is 0 Å². The molecule has 2 atom stereocenters. The number of benzene rings is 1. The highest BCUT2D eigenvalue weighted by Gasteiger charge is 2.28. The van der Waals surface area contributed by atoms with Crippen molar-refractivity contribution in [2.24, 2.45) is 0 Å². The summed E-state index contributed by atoms with van der Waals surface area (Å²) in [4.78, 5) is 13.5. The standard InChI is InChI=1S/C14H19FN2O/c1-17(2)14(18)13-9-11(6-7-16-13)10-4-3-5-12(15)8-10/h3-5,8,11,13,16H,6-7,9H2,1-2H3. The lowest BCUT2D eigenvalue weighted by atomic mass is 9.86. The van der Waals surface area contributed by atoms with Gasteiger partial charge in [0.05, 0.1) is 6.04 Å². The molecule has 1 saturated heterocycles. The molecule has 2 rings (SSSR count). The number of carbonyl (C=O) groups is 1. The summed E-state index contributed by atoms with van der Waals surface area (Å²) in [6.45, 7) is 0.797.